The second kappa shape index (κ2) is 6.45. The molecule has 2 atom stereocenters. The highest BCUT2D eigenvalue weighted by atomic mass is 19.1. The van der Waals surface area contributed by atoms with Crippen LogP contribution in [-0.2, 0) is 0 Å². The van der Waals surface area contributed by atoms with Gasteiger partial charge >= 0.3 is 0 Å². The van der Waals surface area contributed by atoms with Crippen molar-refractivity contribution in [1.29, 1.82) is 0 Å². The lowest BCUT2D eigenvalue weighted by atomic mass is 10.0. The van der Waals surface area contributed by atoms with Gasteiger partial charge in [-0.05, 0) is 37.1 Å². The molecule has 2 rings (SSSR count). The molecule has 110 valence electrons. The monoisotopic (exact) mass is 288 g/mol. The van der Waals surface area contributed by atoms with Crippen LogP contribution in [0.2, 0.25) is 0 Å². The van der Waals surface area contributed by atoms with Crippen molar-refractivity contribution in [1.82, 2.24) is 5.32 Å². The van der Waals surface area contributed by atoms with E-state index in [1.807, 2.05) is 19.9 Å². The van der Waals surface area contributed by atoms with E-state index in [1.54, 1.807) is 18.2 Å². The van der Waals surface area contributed by atoms with Gasteiger partial charge in [-0.3, -0.25) is 10.1 Å². The highest BCUT2D eigenvalue weighted by Crippen LogP contribution is 2.21. The van der Waals surface area contributed by atoms with Gasteiger partial charge in [0, 0.05) is 24.2 Å². The quantitative estimate of drug-likeness (QED) is 0.664. The van der Waals surface area contributed by atoms with Crippen LogP contribution >= 0.6 is 0 Å². The first-order valence-corrected chi connectivity index (χ1v) is 6.73. The predicted molar refractivity (Wildman–Crippen MR) is 79.5 cm³/mol. The molecular weight excluding hydrogens is 271 g/mol. The fourth-order valence-electron chi connectivity index (χ4n) is 2.23. The van der Waals surface area contributed by atoms with E-state index in [2.05, 4.69) is 5.32 Å². The van der Waals surface area contributed by atoms with Crippen molar-refractivity contribution < 1.29 is 9.31 Å². The molecule has 1 unspecified atom stereocenters. The molecule has 0 aromatic heterocycles. The smallest absolute Gasteiger partial charge is 0.269 e. The molecule has 0 aliphatic rings. The van der Waals surface area contributed by atoms with Gasteiger partial charge in [0.15, 0.2) is 0 Å². The first-order chi connectivity index (χ1) is 9.97. The fourth-order valence-corrected chi connectivity index (χ4v) is 2.23. The molecule has 2 aromatic carbocycles. The van der Waals surface area contributed by atoms with Gasteiger partial charge in [-0.25, -0.2) is 4.39 Å². The van der Waals surface area contributed by atoms with Crippen molar-refractivity contribution in [3.8, 4) is 0 Å². The first kappa shape index (κ1) is 15.1. The summed E-state index contributed by atoms with van der Waals surface area (Å²) < 4.78 is 13.2. The summed E-state index contributed by atoms with van der Waals surface area (Å²) in [6, 6.07) is 12.9. The summed E-state index contributed by atoms with van der Waals surface area (Å²) >= 11 is 0. The molecule has 0 saturated carbocycles. The minimum absolute atomic E-state index is 0.00377. The minimum Gasteiger partial charge on any atom is -0.304 e. The number of non-ortho nitro benzene ring substituents is 1. The normalized spacial score (nSPS) is 13.7. The van der Waals surface area contributed by atoms with E-state index in [-0.39, 0.29) is 23.6 Å². The number of nitro benzene ring substituents is 1. The van der Waals surface area contributed by atoms with Gasteiger partial charge in [0.25, 0.3) is 5.69 Å². The summed E-state index contributed by atoms with van der Waals surface area (Å²) in [7, 11) is 0. The molecule has 0 heterocycles. The number of hydrogen-bond acceptors (Lipinski definition) is 3. The molecule has 5 heteroatoms. The van der Waals surface area contributed by atoms with Crippen molar-refractivity contribution in [2.24, 2.45) is 0 Å². The van der Waals surface area contributed by atoms with Crippen LogP contribution in [0.5, 0.6) is 0 Å². The zero-order valence-electron chi connectivity index (χ0n) is 11.9. The van der Waals surface area contributed by atoms with E-state index in [1.165, 1.54) is 24.3 Å². The van der Waals surface area contributed by atoms with E-state index in [0.717, 1.165) is 11.1 Å². The summed E-state index contributed by atoms with van der Waals surface area (Å²) in [5.74, 6) is -0.260. The molecule has 0 bridgehead atoms. The number of rotatable bonds is 5. The Kier molecular flexibility index (Phi) is 4.65. The molecule has 1 N–H and O–H groups in total. The van der Waals surface area contributed by atoms with Crippen LogP contribution in [-0.4, -0.2) is 4.92 Å². The van der Waals surface area contributed by atoms with Crippen molar-refractivity contribution in [2.45, 2.75) is 25.9 Å². The van der Waals surface area contributed by atoms with Crippen LogP contribution in [0.1, 0.15) is 37.1 Å². The molecule has 2 aromatic rings. The molecule has 0 aliphatic carbocycles. The minimum atomic E-state index is -0.419. The Morgan fingerprint density at radius 1 is 1.05 bits per heavy atom. The van der Waals surface area contributed by atoms with E-state index in [0.29, 0.717) is 0 Å². The Hall–Kier alpha value is -2.27. The topological polar surface area (TPSA) is 55.2 Å². The highest BCUT2D eigenvalue weighted by molar-refractivity contribution is 5.34. The lowest BCUT2D eigenvalue weighted by molar-refractivity contribution is -0.384. The third-order valence-electron chi connectivity index (χ3n) is 3.45. The molecule has 0 spiro atoms. The Labute approximate surface area is 122 Å². The van der Waals surface area contributed by atoms with Gasteiger partial charge in [0.2, 0.25) is 0 Å². The van der Waals surface area contributed by atoms with E-state index < -0.39 is 4.92 Å². The number of benzene rings is 2. The second-order valence-corrected chi connectivity index (χ2v) is 5.01. The van der Waals surface area contributed by atoms with E-state index in [9.17, 15) is 14.5 Å². The number of nitro groups is 1. The number of nitrogens with zero attached hydrogens (tertiary/aromatic N) is 1. The molecule has 4 nitrogen and oxygen atoms in total. The van der Waals surface area contributed by atoms with Gasteiger partial charge in [-0.1, -0.05) is 24.3 Å². The SMILES string of the molecule is CC(N[C@H](C)c1cccc(F)c1)c1ccc([N+](=O)[O-])cc1. The van der Waals surface area contributed by atoms with Crippen LogP contribution in [0.3, 0.4) is 0 Å². The average molecular weight is 288 g/mol. The maximum Gasteiger partial charge on any atom is 0.269 e. The van der Waals surface area contributed by atoms with E-state index >= 15 is 0 Å². The van der Waals surface area contributed by atoms with Gasteiger partial charge in [0.05, 0.1) is 4.92 Å². The van der Waals surface area contributed by atoms with Crippen LogP contribution in [0.4, 0.5) is 10.1 Å². The van der Waals surface area contributed by atoms with Gasteiger partial charge in [0.1, 0.15) is 5.82 Å². The molecular formula is C16H17FN2O2. The van der Waals surface area contributed by atoms with E-state index in [4.69, 9.17) is 0 Å². The van der Waals surface area contributed by atoms with Crippen LogP contribution in [0.25, 0.3) is 0 Å². The Morgan fingerprint density at radius 3 is 2.24 bits per heavy atom. The number of hydrogen-bond donors (Lipinski definition) is 1. The van der Waals surface area contributed by atoms with Gasteiger partial charge < -0.3 is 5.32 Å². The van der Waals surface area contributed by atoms with Crippen molar-refractivity contribution in [2.75, 3.05) is 0 Å². The lowest BCUT2D eigenvalue weighted by Crippen LogP contribution is -2.22. The first-order valence-electron chi connectivity index (χ1n) is 6.73. The van der Waals surface area contributed by atoms with Crippen LogP contribution in [0, 0.1) is 15.9 Å². The summed E-state index contributed by atoms with van der Waals surface area (Å²) in [6.07, 6.45) is 0. The van der Waals surface area contributed by atoms with Crippen molar-refractivity contribution in [3.63, 3.8) is 0 Å². The van der Waals surface area contributed by atoms with Crippen LogP contribution in [0.15, 0.2) is 48.5 Å². The summed E-state index contributed by atoms with van der Waals surface area (Å²) in [5, 5.41) is 14.0. The van der Waals surface area contributed by atoms with Crippen molar-refractivity contribution >= 4 is 5.69 Å². The summed E-state index contributed by atoms with van der Waals surface area (Å²) in [4.78, 5) is 10.2. The highest BCUT2D eigenvalue weighted by Gasteiger charge is 2.13. The Balaban J connectivity index is 2.06. The summed E-state index contributed by atoms with van der Waals surface area (Å²) in [6.45, 7) is 3.92. The fraction of sp³-hybridized carbons (Fsp3) is 0.250. The molecule has 0 amide bonds. The Morgan fingerprint density at radius 2 is 1.67 bits per heavy atom. The standard InChI is InChI=1S/C16H17FN2O2/c1-11(13-6-8-16(9-7-13)19(20)21)18-12(2)14-4-3-5-15(17)10-14/h3-12,18H,1-2H3/t11?,12-/m1/s1. The van der Waals surface area contributed by atoms with Gasteiger partial charge in [-0.15, -0.1) is 0 Å². The number of nitrogens with one attached hydrogen (secondary N) is 1. The third kappa shape index (κ3) is 3.86. The average Bonchev–Trinajstić information content (AvgIpc) is 2.47. The largest absolute Gasteiger partial charge is 0.304 e. The molecule has 0 radical (unpaired) electrons. The third-order valence-corrected chi connectivity index (χ3v) is 3.45. The summed E-state index contributed by atoms with van der Waals surface area (Å²) in [5.41, 5.74) is 1.89. The molecule has 21 heavy (non-hydrogen) atoms. The zero-order valence-corrected chi connectivity index (χ0v) is 11.9. The second-order valence-electron chi connectivity index (χ2n) is 5.01. The van der Waals surface area contributed by atoms with Gasteiger partial charge in [-0.2, -0.15) is 0 Å². The molecule has 0 aliphatic heterocycles. The lowest BCUT2D eigenvalue weighted by Gasteiger charge is -2.20. The zero-order chi connectivity index (χ0) is 15.4. The number of halogens is 1. The predicted octanol–water partition coefficient (Wildman–Crippen LogP) is 4.15. The molecule has 0 saturated heterocycles. The maximum absolute atomic E-state index is 13.2. The van der Waals surface area contributed by atoms with Crippen LogP contribution < -0.4 is 5.32 Å². The Bertz CT molecular complexity index is 628. The molecule has 0 fully saturated rings. The van der Waals surface area contributed by atoms with Crippen molar-refractivity contribution in [3.05, 3.63) is 75.6 Å². The maximum atomic E-state index is 13.2.